The minimum atomic E-state index is -0.327. The van der Waals surface area contributed by atoms with Crippen molar-refractivity contribution >= 4 is 12.1 Å². The van der Waals surface area contributed by atoms with E-state index in [2.05, 4.69) is 31.3 Å². The third-order valence-corrected chi connectivity index (χ3v) is 4.46. The summed E-state index contributed by atoms with van der Waals surface area (Å²) in [5, 5.41) is 4.06. The highest BCUT2D eigenvalue weighted by molar-refractivity contribution is 5.85. The molecule has 0 saturated heterocycles. The Hall–Kier alpha value is -3.02. The second-order valence-corrected chi connectivity index (χ2v) is 7.67. The number of carbonyl (C=O) groups excluding carboxylic acids is 1. The zero-order chi connectivity index (χ0) is 22.6. The summed E-state index contributed by atoms with van der Waals surface area (Å²) in [7, 11) is 0. The number of benzene rings is 2. The highest BCUT2D eigenvalue weighted by Crippen LogP contribution is 2.27. The molecule has 6 heteroatoms. The van der Waals surface area contributed by atoms with Crippen molar-refractivity contribution < 1.29 is 19.0 Å². The fourth-order valence-corrected chi connectivity index (χ4v) is 2.86. The van der Waals surface area contributed by atoms with Gasteiger partial charge in [0.05, 0.1) is 19.4 Å². The van der Waals surface area contributed by atoms with E-state index in [9.17, 15) is 4.79 Å². The van der Waals surface area contributed by atoms with Gasteiger partial charge < -0.3 is 14.2 Å². The predicted molar refractivity (Wildman–Crippen MR) is 125 cm³/mol. The number of hydrogen-bond acceptors (Lipinski definition) is 5. The number of hydrogen-bond donors (Lipinski definition) is 1. The average molecular weight is 427 g/mol. The number of ether oxygens (including phenoxy) is 3. The number of nitrogens with zero attached hydrogens (tertiary/aromatic N) is 1. The Kier molecular flexibility index (Phi) is 9.88. The smallest absolute Gasteiger partial charge is 0.277 e. The zero-order valence-corrected chi connectivity index (χ0v) is 19.2. The number of hydrazone groups is 1. The molecule has 0 saturated carbocycles. The molecule has 0 aliphatic heterocycles. The van der Waals surface area contributed by atoms with Gasteiger partial charge in [-0.1, -0.05) is 39.8 Å². The minimum Gasteiger partial charge on any atom is -0.493 e. The number of carbonyl (C=O) groups is 1. The predicted octanol–water partition coefficient (Wildman–Crippen LogP) is 5.23. The molecule has 0 radical (unpaired) electrons. The van der Waals surface area contributed by atoms with Gasteiger partial charge in [-0.15, -0.1) is 0 Å². The Labute approximate surface area is 185 Å². The maximum Gasteiger partial charge on any atom is 0.277 e. The first-order chi connectivity index (χ1) is 14.9. The summed E-state index contributed by atoms with van der Waals surface area (Å²) in [6.45, 7) is 11.4. The summed E-state index contributed by atoms with van der Waals surface area (Å²) < 4.78 is 17.2. The van der Waals surface area contributed by atoms with Crippen molar-refractivity contribution in [2.75, 3.05) is 19.8 Å². The third kappa shape index (κ3) is 7.96. The van der Waals surface area contributed by atoms with Crippen molar-refractivity contribution in [3.05, 3.63) is 53.1 Å². The largest absolute Gasteiger partial charge is 0.493 e. The lowest BCUT2D eigenvalue weighted by molar-refractivity contribution is -0.123. The van der Waals surface area contributed by atoms with Crippen LogP contribution < -0.4 is 19.6 Å². The standard InChI is InChI=1S/C25H34N2O4/c1-6-12-29-21-10-9-20(23(15-21)30-13-7-2)16-26-27-25(28)17-31-24-14-19(5)8-11-22(24)18(3)4/h8-11,14-16,18H,6-7,12-13,17H2,1-5H3,(H,27,28)/b26-16-. The zero-order valence-electron chi connectivity index (χ0n) is 19.2. The van der Waals surface area contributed by atoms with E-state index in [0.717, 1.165) is 41.0 Å². The lowest BCUT2D eigenvalue weighted by Crippen LogP contribution is -2.25. The molecule has 6 nitrogen and oxygen atoms in total. The molecule has 0 aliphatic rings. The van der Waals surface area contributed by atoms with Crippen LogP contribution >= 0.6 is 0 Å². The quantitative estimate of drug-likeness (QED) is 0.373. The molecule has 2 rings (SSSR count). The highest BCUT2D eigenvalue weighted by atomic mass is 16.5. The molecule has 168 valence electrons. The van der Waals surface area contributed by atoms with Crippen molar-refractivity contribution in [1.29, 1.82) is 0 Å². The normalized spacial score (nSPS) is 11.0. The van der Waals surface area contributed by atoms with E-state index < -0.39 is 0 Å². The van der Waals surface area contributed by atoms with Crippen LogP contribution in [0.4, 0.5) is 0 Å². The number of amides is 1. The topological polar surface area (TPSA) is 69.2 Å². The van der Waals surface area contributed by atoms with Crippen molar-refractivity contribution in [2.24, 2.45) is 5.10 Å². The van der Waals surface area contributed by atoms with Gasteiger partial charge in [0.1, 0.15) is 17.2 Å². The van der Waals surface area contributed by atoms with E-state index >= 15 is 0 Å². The number of aryl methyl sites for hydroxylation is 1. The molecule has 0 spiro atoms. The average Bonchev–Trinajstić information content (AvgIpc) is 2.75. The van der Waals surface area contributed by atoms with Crippen molar-refractivity contribution in [2.45, 2.75) is 53.4 Å². The van der Waals surface area contributed by atoms with Crippen LogP contribution in [0.2, 0.25) is 0 Å². The van der Waals surface area contributed by atoms with Crippen LogP contribution in [0.1, 0.15) is 63.1 Å². The molecular formula is C25H34N2O4. The summed E-state index contributed by atoms with van der Waals surface area (Å²) in [5.74, 6) is 2.13. The van der Waals surface area contributed by atoms with Gasteiger partial charge in [0.2, 0.25) is 0 Å². The van der Waals surface area contributed by atoms with Crippen LogP contribution in [-0.4, -0.2) is 31.9 Å². The van der Waals surface area contributed by atoms with Crippen molar-refractivity contribution in [3.8, 4) is 17.2 Å². The van der Waals surface area contributed by atoms with Crippen LogP contribution in [0.3, 0.4) is 0 Å². The van der Waals surface area contributed by atoms with Gasteiger partial charge in [-0.3, -0.25) is 4.79 Å². The molecule has 0 unspecified atom stereocenters. The molecule has 0 heterocycles. The van der Waals surface area contributed by atoms with Gasteiger partial charge in [-0.05, 0) is 55.0 Å². The van der Waals surface area contributed by atoms with E-state index in [0.29, 0.717) is 24.9 Å². The van der Waals surface area contributed by atoms with E-state index in [1.165, 1.54) is 0 Å². The Bertz CT molecular complexity index is 878. The summed E-state index contributed by atoms with van der Waals surface area (Å²) >= 11 is 0. The van der Waals surface area contributed by atoms with Crippen LogP contribution in [0.15, 0.2) is 41.5 Å². The van der Waals surface area contributed by atoms with Gasteiger partial charge in [0.25, 0.3) is 5.91 Å². The SMILES string of the molecule is CCCOc1ccc(/C=N\NC(=O)COc2cc(C)ccc2C(C)C)c(OCCC)c1. The second-order valence-electron chi connectivity index (χ2n) is 7.67. The van der Waals surface area contributed by atoms with E-state index in [-0.39, 0.29) is 12.5 Å². The van der Waals surface area contributed by atoms with E-state index in [1.807, 2.05) is 50.2 Å². The van der Waals surface area contributed by atoms with Gasteiger partial charge in [0.15, 0.2) is 6.61 Å². The fraction of sp³-hybridized carbons (Fsp3) is 0.440. The minimum absolute atomic E-state index is 0.108. The van der Waals surface area contributed by atoms with E-state index in [1.54, 1.807) is 6.21 Å². The van der Waals surface area contributed by atoms with Gasteiger partial charge in [-0.2, -0.15) is 5.10 Å². The molecule has 0 bridgehead atoms. The Morgan fingerprint density at radius 3 is 2.45 bits per heavy atom. The summed E-state index contributed by atoms with van der Waals surface area (Å²) in [6, 6.07) is 11.6. The first-order valence-electron chi connectivity index (χ1n) is 10.9. The van der Waals surface area contributed by atoms with Gasteiger partial charge >= 0.3 is 0 Å². The molecule has 2 aromatic rings. The molecule has 0 aromatic heterocycles. The Morgan fingerprint density at radius 1 is 1.00 bits per heavy atom. The van der Waals surface area contributed by atoms with Crippen LogP contribution in [0.25, 0.3) is 0 Å². The molecule has 1 amide bonds. The van der Waals surface area contributed by atoms with Gasteiger partial charge in [-0.25, -0.2) is 5.43 Å². The van der Waals surface area contributed by atoms with E-state index in [4.69, 9.17) is 14.2 Å². The lowest BCUT2D eigenvalue weighted by Gasteiger charge is -2.14. The Morgan fingerprint density at radius 2 is 1.74 bits per heavy atom. The first kappa shape index (κ1) is 24.3. The molecule has 0 aliphatic carbocycles. The maximum atomic E-state index is 12.2. The monoisotopic (exact) mass is 426 g/mol. The third-order valence-electron chi connectivity index (χ3n) is 4.46. The summed E-state index contributed by atoms with van der Waals surface area (Å²) in [5.41, 5.74) is 5.44. The van der Waals surface area contributed by atoms with Crippen molar-refractivity contribution in [3.63, 3.8) is 0 Å². The molecule has 31 heavy (non-hydrogen) atoms. The molecular weight excluding hydrogens is 392 g/mol. The summed E-state index contributed by atoms with van der Waals surface area (Å²) in [4.78, 5) is 12.2. The molecule has 1 N–H and O–H groups in total. The molecule has 0 fully saturated rings. The van der Waals surface area contributed by atoms with Crippen LogP contribution in [0, 0.1) is 6.92 Å². The van der Waals surface area contributed by atoms with Crippen molar-refractivity contribution in [1.82, 2.24) is 5.43 Å². The number of nitrogens with one attached hydrogen (secondary N) is 1. The summed E-state index contributed by atoms with van der Waals surface area (Å²) in [6.07, 6.45) is 3.39. The maximum absolute atomic E-state index is 12.2. The first-order valence-corrected chi connectivity index (χ1v) is 10.9. The van der Waals surface area contributed by atoms with Gasteiger partial charge in [0, 0.05) is 11.6 Å². The fourth-order valence-electron chi connectivity index (χ4n) is 2.86. The van der Waals surface area contributed by atoms with Crippen LogP contribution in [0.5, 0.6) is 17.2 Å². The number of rotatable bonds is 12. The van der Waals surface area contributed by atoms with Crippen LogP contribution in [-0.2, 0) is 4.79 Å². The molecule has 2 aromatic carbocycles. The Balaban J connectivity index is 1.98. The molecule has 0 atom stereocenters. The second kappa shape index (κ2) is 12.6. The lowest BCUT2D eigenvalue weighted by atomic mass is 10.0. The highest BCUT2D eigenvalue weighted by Gasteiger charge is 2.10.